The molecule has 0 saturated heterocycles. The van der Waals surface area contributed by atoms with E-state index in [1.54, 1.807) is 19.2 Å². The Kier molecular flexibility index (Phi) is 11.4. The Morgan fingerprint density at radius 2 is 2.15 bits per heavy atom. The number of alkyl carbamates (subject to hydrolysis) is 1. The Balaban J connectivity index is 0.00000364. The average molecular weight is 510 g/mol. The third kappa shape index (κ3) is 9.46. The minimum atomic E-state index is -0.368. The molecule has 1 saturated carbocycles. The second-order valence-corrected chi connectivity index (χ2v) is 6.58. The van der Waals surface area contributed by atoms with Gasteiger partial charge in [-0.05, 0) is 50.7 Å². The molecule has 9 heteroatoms. The van der Waals surface area contributed by atoms with Crippen LogP contribution in [0.2, 0.25) is 5.15 Å². The summed E-state index contributed by atoms with van der Waals surface area (Å²) in [6.45, 7) is 6.22. The minimum Gasteiger partial charge on any atom is -0.450 e. The van der Waals surface area contributed by atoms with Gasteiger partial charge in [0, 0.05) is 19.3 Å². The number of carbonyl (C=O) groups excluding carboxylic acids is 1. The largest absolute Gasteiger partial charge is 0.450 e. The fourth-order valence-electron chi connectivity index (χ4n) is 2.55. The van der Waals surface area contributed by atoms with Gasteiger partial charge < -0.3 is 20.7 Å². The van der Waals surface area contributed by atoms with E-state index in [1.165, 1.54) is 0 Å². The first-order valence-electron chi connectivity index (χ1n) is 9.18. The van der Waals surface area contributed by atoms with Crippen molar-refractivity contribution in [1.29, 1.82) is 0 Å². The standard InChI is InChI=1S/C18H28ClN5O2.HI/c1-3-20-17(21-10-9-13-5-8-16(19)22-11-13)23-12-15(14-6-7-14)24-18(25)26-4-2;/h5,8,11,14-15H,3-4,6-7,9-10,12H2,1-2H3,(H,24,25)(H2,20,21,23);1H. The third-order valence-corrected chi connectivity index (χ3v) is 4.28. The Morgan fingerprint density at radius 3 is 2.74 bits per heavy atom. The fourth-order valence-corrected chi connectivity index (χ4v) is 2.66. The molecule has 1 heterocycles. The molecule has 1 unspecified atom stereocenters. The van der Waals surface area contributed by atoms with Crippen LogP contribution in [-0.2, 0) is 11.2 Å². The molecule has 1 aliphatic rings. The number of pyridine rings is 1. The van der Waals surface area contributed by atoms with Crippen LogP contribution in [0.5, 0.6) is 0 Å². The number of hydrogen-bond acceptors (Lipinski definition) is 4. The van der Waals surface area contributed by atoms with Crippen LogP contribution >= 0.6 is 35.6 Å². The van der Waals surface area contributed by atoms with Gasteiger partial charge in [-0.15, -0.1) is 24.0 Å². The van der Waals surface area contributed by atoms with Gasteiger partial charge in [0.25, 0.3) is 0 Å². The summed E-state index contributed by atoms with van der Waals surface area (Å²) in [6, 6.07) is 3.77. The number of ether oxygens (including phenoxy) is 1. The topological polar surface area (TPSA) is 87.6 Å². The van der Waals surface area contributed by atoms with Gasteiger partial charge in [-0.25, -0.2) is 9.78 Å². The van der Waals surface area contributed by atoms with E-state index >= 15 is 0 Å². The van der Waals surface area contributed by atoms with E-state index in [9.17, 15) is 4.79 Å². The second-order valence-electron chi connectivity index (χ2n) is 6.19. The zero-order chi connectivity index (χ0) is 18.8. The molecule has 1 atom stereocenters. The van der Waals surface area contributed by atoms with Crippen LogP contribution in [0.15, 0.2) is 23.3 Å². The number of aliphatic imine (C=N–C) groups is 1. The van der Waals surface area contributed by atoms with Crippen LogP contribution in [-0.4, -0.2) is 49.3 Å². The highest BCUT2D eigenvalue weighted by atomic mass is 127. The number of nitrogens with one attached hydrogen (secondary N) is 3. The molecule has 27 heavy (non-hydrogen) atoms. The van der Waals surface area contributed by atoms with E-state index < -0.39 is 0 Å². The summed E-state index contributed by atoms with van der Waals surface area (Å²) in [5.74, 6) is 1.23. The molecule has 1 amide bonds. The lowest BCUT2D eigenvalue weighted by Crippen LogP contribution is -2.42. The summed E-state index contributed by atoms with van der Waals surface area (Å²) in [6.07, 6.45) is 4.48. The van der Waals surface area contributed by atoms with Crippen molar-refractivity contribution in [3.63, 3.8) is 0 Å². The zero-order valence-corrected chi connectivity index (χ0v) is 18.9. The van der Waals surface area contributed by atoms with Crippen molar-refractivity contribution in [2.24, 2.45) is 10.9 Å². The van der Waals surface area contributed by atoms with Gasteiger partial charge in [-0.1, -0.05) is 17.7 Å². The Bertz CT molecular complexity index is 596. The van der Waals surface area contributed by atoms with Crippen molar-refractivity contribution >= 4 is 47.6 Å². The smallest absolute Gasteiger partial charge is 0.407 e. The Labute approximate surface area is 183 Å². The lowest BCUT2D eigenvalue weighted by atomic mass is 10.2. The summed E-state index contributed by atoms with van der Waals surface area (Å²) in [4.78, 5) is 20.4. The quantitative estimate of drug-likeness (QED) is 0.206. The van der Waals surface area contributed by atoms with Crippen molar-refractivity contribution in [2.75, 3.05) is 26.2 Å². The van der Waals surface area contributed by atoms with Gasteiger partial charge in [-0.3, -0.25) is 4.99 Å². The van der Waals surface area contributed by atoms with Crippen molar-refractivity contribution in [3.05, 3.63) is 29.0 Å². The van der Waals surface area contributed by atoms with Crippen molar-refractivity contribution in [3.8, 4) is 0 Å². The number of rotatable bonds is 9. The molecule has 3 N–H and O–H groups in total. The molecule has 0 radical (unpaired) electrons. The van der Waals surface area contributed by atoms with E-state index in [2.05, 4.69) is 25.9 Å². The van der Waals surface area contributed by atoms with E-state index in [-0.39, 0.29) is 36.1 Å². The number of amides is 1. The van der Waals surface area contributed by atoms with Gasteiger partial charge in [0.2, 0.25) is 0 Å². The van der Waals surface area contributed by atoms with Crippen LogP contribution in [0.4, 0.5) is 4.79 Å². The molecule has 0 spiro atoms. The highest BCUT2D eigenvalue weighted by molar-refractivity contribution is 14.0. The molecule has 1 aliphatic carbocycles. The third-order valence-electron chi connectivity index (χ3n) is 4.05. The van der Waals surface area contributed by atoms with Gasteiger partial charge in [0.1, 0.15) is 5.15 Å². The molecule has 152 valence electrons. The molecule has 0 aliphatic heterocycles. The number of nitrogens with zero attached hydrogens (tertiary/aromatic N) is 2. The first kappa shape index (κ1) is 23.7. The maximum atomic E-state index is 11.7. The first-order valence-corrected chi connectivity index (χ1v) is 9.56. The van der Waals surface area contributed by atoms with Crippen LogP contribution in [0, 0.1) is 5.92 Å². The second kappa shape index (κ2) is 13.0. The monoisotopic (exact) mass is 509 g/mol. The van der Waals surface area contributed by atoms with Gasteiger partial charge in [0.05, 0.1) is 19.2 Å². The maximum absolute atomic E-state index is 11.7. The SMILES string of the molecule is CCNC(=NCC(NC(=O)OCC)C1CC1)NCCc1ccc(Cl)nc1.I. The van der Waals surface area contributed by atoms with Crippen molar-refractivity contribution in [2.45, 2.75) is 39.2 Å². The van der Waals surface area contributed by atoms with E-state index in [1.807, 2.05) is 13.0 Å². The van der Waals surface area contributed by atoms with Gasteiger partial charge >= 0.3 is 6.09 Å². The lowest BCUT2D eigenvalue weighted by Gasteiger charge is -2.17. The number of carbonyl (C=O) groups is 1. The number of guanidine groups is 1. The highest BCUT2D eigenvalue weighted by Gasteiger charge is 2.32. The van der Waals surface area contributed by atoms with Crippen molar-refractivity contribution in [1.82, 2.24) is 20.9 Å². The number of halogens is 2. The lowest BCUT2D eigenvalue weighted by molar-refractivity contribution is 0.147. The molecule has 2 rings (SSSR count). The van der Waals surface area contributed by atoms with E-state index in [0.29, 0.717) is 24.2 Å². The minimum absolute atomic E-state index is 0. The molecule has 7 nitrogen and oxygen atoms in total. The van der Waals surface area contributed by atoms with Crippen molar-refractivity contribution < 1.29 is 9.53 Å². The first-order chi connectivity index (χ1) is 12.6. The molecule has 0 aromatic carbocycles. The summed E-state index contributed by atoms with van der Waals surface area (Å²) in [5, 5.41) is 9.96. The normalized spacial score (nSPS) is 14.7. The van der Waals surface area contributed by atoms with Crippen LogP contribution in [0.1, 0.15) is 32.3 Å². The Hall–Kier alpha value is -1.29. The van der Waals surface area contributed by atoms with E-state index in [0.717, 1.165) is 43.9 Å². The molecular weight excluding hydrogens is 481 g/mol. The summed E-state index contributed by atoms with van der Waals surface area (Å²) < 4.78 is 4.98. The van der Waals surface area contributed by atoms with Crippen LogP contribution in [0.3, 0.4) is 0 Å². The highest BCUT2D eigenvalue weighted by Crippen LogP contribution is 2.32. The van der Waals surface area contributed by atoms with Crippen LogP contribution < -0.4 is 16.0 Å². The average Bonchev–Trinajstić information content (AvgIpc) is 3.45. The summed E-state index contributed by atoms with van der Waals surface area (Å²) in [7, 11) is 0. The zero-order valence-electron chi connectivity index (χ0n) is 15.8. The summed E-state index contributed by atoms with van der Waals surface area (Å²) >= 11 is 5.80. The number of hydrogen-bond donors (Lipinski definition) is 3. The van der Waals surface area contributed by atoms with E-state index in [4.69, 9.17) is 16.3 Å². The fraction of sp³-hybridized carbons (Fsp3) is 0.611. The predicted octanol–water partition coefficient (Wildman–Crippen LogP) is 2.98. The molecular formula is C18H29ClIN5O2. The summed E-state index contributed by atoms with van der Waals surface area (Å²) in [5.41, 5.74) is 1.11. The number of aromatic nitrogens is 1. The Morgan fingerprint density at radius 1 is 1.37 bits per heavy atom. The maximum Gasteiger partial charge on any atom is 0.407 e. The van der Waals surface area contributed by atoms with Crippen LogP contribution in [0.25, 0.3) is 0 Å². The molecule has 1 fully saturated rings. The molecule has 1 aromatic heterocycles. The van der Waals surface area contributed by atoms with Gasteiger partial charge in [0.15, 0.2) is 5.96 Å². The molecule has 0 bridgehead atoms. The predicted molar refractivity (Wildman–Crippen MR) is 119 cm³/mol. The molecule has 1 aromatic rings. The van der Waals surface area contributed by atoms with Gasteiger partial charge in [-0.2, -0.15) is 0 Å².